The highest BCUT2D eigenvalue weighted by Crippen LogP contribution is 2.33. The zero-order valence-electron chi connectivity index (χ0n) is 16.7. The maximum Gasteiger partial charge on any atom is 0.271 e. The number of nitrogens with zero attached hydrogens (tertiary/aromatic N) is 3. The van der Waals surface area contributed by atoms with Crippen molar-refractivity contribution in [2.75, 3.05) is 0 Å². The normalized spacial score (nSPS) is 13.4. The van der Waals surface area contributed by atoms with E-state index >= 15 is 0 Å². The molecule has 0 saturated heterocycles. The SMILES string of the molecule is O=C(N/N=C/c1ccccc1)c1cccc(-n2cnc3sc4c(c3c2=O)CCCC4)c1. The molecule has 0 radical (unpaired) electrons. The Morgan fingerprint density at radius 1 is 1.10 bits per heavy atom. The predicted octanol–water partition coefficient (Wildman–Crippen LogP) is 4.09. The van der Waals surface area contributed by atoms with Crippen LogP contribution >= 0.6 is 11.3 Å². The fourth-order valence-electron chi connectivity index (χ4n) is 3.90. The van der Waals surface area contributed by atoms with Gasteiger partial charge in [0.05, 0.1) is 17.3 Å². The first-order valence-corrected chi connectivity index (χ1v) is 11.0. The Balaban J connectivity index is 1.44. The standard InChI is InChI=1S/C24H20N4O2S/c29-22(27-26-14-16-7-2-1-3-8-16)17-9-6-10-18(13-17)28-15-25-23-21(24(28)30)19-11-4-5-12-20(19)31-23/h1-3,6-10,13-15H,4-5,11-12H2,(H,27,29)/b26-14+. The topological polar surface area (TPSA) is 76.3 Å². The molecule has 6 nitrogen and oxygen atoms in total. The summed E-state index contributed by atoms with van der Waals surface area (Å²) in [5.74, 6) is -0.343. The van der Waals surface area contributed by atoms with Crippen molar-refractivity contribution < 1.29 is 4.79 Å². The highest BCUT2D eigenvalue weighted by molar-refractivity contribution is 7.18. The van der Waals surface area contributed by atoms with Gasteiger partial charge in [0, 0.05) is 10.4 Å². The first kappa shape index (κ1) is 19.4. The van der Waals surface area contributed by atoms with Crippen LogP contribution in [0.4, 0.5) is 0 Å². The van der Waals surface area contributed by atoms with Gasteiger partial charge in [-0.05, 0) is 55.0 Å². The molecule has 0 aliphatic heterocycles. The number of hydrazone groups is 1. The molecule has 1 aliphatic carbocycles. The number of nitrogens with one attached hydrogen (secondary N) is 1. The molecule has 0 spiro atoms. The van der Waals surface area contributed by atoms with Gasteiger partial charge in [-0.3, -0.25) is 14.2 Å². The summed E-state index contributed by atoms with van der Waals surface area (Å²) in [6.07, 6.45) is 7.36. The molecular formula is C24H20N4O2S. The second kappa shape index (κ2) is 8.28. The van der Waals surface area contributed by atoms with Gasteiger partial charge in [0.25, 0.3) is 11.5 Å². The molecule has 31 heavy (non-hydrogen) atoms. The summed E-state index contributed by atoms with van der Waals surface area (Å²) in [6, 6.07) is 16.5. The van der Waals surface area contributed by atoms with E-state index in [2.05, 4.69) is 15.5 Å². The lowest BCUT2D eigenvalue weighted by Crippen LogP contribution is -2.21. The van der Waals surface area contributed by atoms with E-state index in [1.807, 2.05) is 30.3 Å². The molecule has 2 heterocycles. The van der Waals surface area contributed by atoms with Crippen molar-refractivity contribution in [3.05, 3.63) is 92.8 Å². The lowest BCUT2D eigenvalue weighted by molar-refractivity contribution is 0.0955. The van der Waals surface area contributed by atoms with Crippen molar-refractivity contribution in [1.29, 1.82) is 0 Å². The molecule has 0 bridgehead atoms. The van der Waals surface area contributed by atoms with Crippen molar-refractivity contribution in [2.24, 2.45) is 5.10 Å². The van der Waals surface area contributed by atoms with Crippen molar-refractivity contribution >= 4 is 33.7 Å². The maximum absolute atomic E-state index is 13.3. The maximum atomic E-state index is 13.3. The molecule has 0 unspecified atom stereocenters. The van der Waals surface area contributed by atoms with Crippen LogP contribution in [0.25, 0.3) is 15.9 Å². The van der Waals surface area contributed by atoms with Gasteiger partial charge in [0.1, 0.15) is 11.2 Å². The molecule has 0 atom stereocenters. The van der Waals surface area contributed by atoms with Crippen molar-refractivity contribution in [3.8, 4) is 5.69 Å². The minimum Gasteiger partial charge on any atom is -0.268 e. The molecule has 154 valence electrons. The van der Waals surface area contributed by atoms with Crippen LogP contribution in [0, 0.1) is 0 Å². The second-order valence-electron chi connectivity index (χ2n) is 7.47. The zero-order chi connectivity index (χ0) is 21.2. The van der Waals surface area contributed by atoms with Crippen LogP contribution in [0.1, 0.15) is 39.2 Å². The molecule has 4 aromatic rings. The Morgan fingerprint density at radius 2 is 1.94 bits per heavy atom. The minimum atomic E-state index is -0.343. The van der Waals surface area contributed by atoms with Gasteiger partial charge in [-0.25, -0.2) is 10.4 Å². The number of rotatable bonds is 4. The first-order valence-electron chi connectivity index (χ1n) is 10.2. The number of hydrogen-bond acceptors (Lipinski definition) is 5. The number of hydrogen-bond donors (Lipinski definition) is 1. The van der Waals surface area contributed by atoms with E-state index in [0.29, 0.717) is 11.3 Å². The summed E-state index contributed by atoms with van der Waals surface area (Å²) in [5.41, 5.74) is 5.53. The number of aryl methyl sites for hydroxylation is 2. The molecule has 1 N–H and O–H groups in total. The summed E-state index contributed by atoms with van der Waals surface area (Å²) in [7, 11) is 0. The van der Waals surface area contributed by atoms with E-state index in [1.54, 1.807) is 48.1 Å². The van der Waals surface area contributed by atoms with E-state index < -0.39 is 0 Å². The van der Waals surface area contributed by atoms with Crippen LogP contribution in [0.3, 0.4) is 0 Å². The molecule has 5 rings (SSSR count). The summed E-state index contributed by atoms with van der Waals surface area (Å²) in [4.78, 5) is 32.4. The van der Waals surface area contributed by atoms with Gasteiger partial charge in [-0.1, -0.05) is 36.4 Å². The lowest BCUT2D eigenvalue weighted by Gasteiger charge is -2.11. The van der Waals surface area contributed by atoms with E-state index in [1.165, 1.54) is 9.44 Å². The van der Waals surface area contributed by atoms with Crippen LogP contribution in [0.2, 0.25) is 0 Å². The zero-order valence-corrected chi connectivity index (χ0v) is 17.6. The number of carbonyl (C=O) groups is 1. The smallest absolute Gasteiger partial charge is 0.268 e. The third kappa shape index (κ3) is 3.80. The highest BCUT2D eigenvalue weighted by Gasteiger charge is 2.20. The van der Waals surface area contributed by atoms with Crippen LogP contribution < -0.4 is 11.0 Å². The van der Waals surface area contributed by atoms with E-state index in [4.69, 9.17) is 0 Å². The third-order valence-electron chi connectivity index (χ3n) is 5.44. The van der Waals surface area contributed by atoms with Gasteiger partial charge in [0.2, 0.25) is 0 Å². The number of thiophene rings is 1. The van der Waals surface area contributed by atoms with Crippen molar-refractivity contribution in [2.45, 2.75) is 25.7 Å². The largest absolute Gasteiger partial charge is 0.271 e. The summed E-state index contributed by atoms with van der Waals surface area (Å²) in [6.45, 7) is 0. The molecule has 0 fully saturated rings. The quantitative estimate of drug-likeness (QED) is 0.393. The van der Waals surface area contributed by atoms with Crippen LogP contribution in [0.15, 0.2) is 70.8 Å². The monoisotopic (exact) mass is 428 g/mol. The van der Waals surface area contributed by atoms with E-state index in [9.17, 15) is 9.59 Å². The number of amides is 1. The molecule has 0 saturated carbocycles. The molecule has 1 aliphatic rings. The highest BCUT2D eigenvalue weighted by atomic mass is 32.1. The molecule has 1 amide bonds. The van der Waals surface area contributed by atoms with Crippen LogP contribution in [0.5, 0.6) is 0 Å². The fourth-order valence-corrected chi connectivity index (χ4v) is 5.12. The Labute approximate surface area is 182 Å². The number of aromatic nitrogens is 2. The summed E-state index contributed by atoms with van der Waals surface area (Å²) >= 11 is 1.63. The summed E-state index contributed by atoms with van der Waals surface area (Å²) < 4.78 is 1.52. The fraction of sp³-hybridized carbons (Fsp3) is 0.167. The van der Waals surface area contributed by atoms with E-state index in [0.717, 1.165) is 47.0 Å². The Hall–Kier alpha value is -3.58. The average Bonchev–Trinajstić information content (AvgIpc) is 3.19. The molecule has 7 heteroatoms. The summed E-state index contributed by atoms with van der Waals surface area (Å²) in [5, 5.41) is 4.74. The van der Waals surface area contributed by atoms with Gasteiger partial charge in [-0.2, -0.15) is 5.10 Å². The van der Waals surface area contributed by atoms with E-state index in [-0.39, 0.29) is 11.5 Å². The number of fused-ring (bicyclic) bond motifs is 3. The molecule has 2 aromatic carbocycles. The Kier molecular flexibility index (Phi) is 5.18. The van der Waals surface area contributed by atoms with Gasteiger partial charge in [0.15, 0.2) is 0 Å². The van der Waals surface area contributed by atoms with Gasteiger partial charge >= 0.3 is 0 Å². The van der Waals surface area contributed by atoms with Gasteiger partial charge < -0.3 is 0 Å². The van der Waals surface area contributed by atoms with Gasteiger partial charge in [-0.15, -0.1) is 11.3 Å². The minimum absolute atomic E-state index is 0.0796. The number of carbonyl (C=O) groups excluding carboxylic acids is 1. The second-order valence-corrected chi connectivity index (χ2v) is 8.55. The molecular weight excluding hydrogens is 408 g/mol. The lowest BCUT2D eigenvalue weighted by atomic mass is 9.97. The Morgan fingerprint density at radius 3 is 2.81 bits per heavy atom. The van der Waals surface area contributed by atoms with Crippen LogP contribution in [-0.2, 0) is 12.8 Å². The average molecular weight is 429 g/mol. The first-order chi connectivity index (χ1) is 15.2. The van der Waals surface area contributed by atoms with Crippen molar-refractivity contribution in [1.82, 2.24) is 15.0 Å². The predicted molar refractivity (Wildman–Crippen MR) is 123 cm³/mol. The van der Waals surface area contributed by atoms with Crippen molar-refractivity contribution in [3.63, 3.8) is 0 Å². The third-order valence-corrected chi connectivity index (χ3v) is 6.64. The van der Waals surface area contributed by atoms with Crippen LogP contribution in [-0.4, -0.2) is 21.7 Å². The molecule has 2 aromatic heterocycles. The Bertz CT molecular complexity index is 1360. The number of benzene rings is 2.